The van der Waals surface area contributed by atoms with Crippen LogP contribution in [-0.2, 0) is 19.0 Å². The Morgan fingerprint density at radius 1 is 1.28 bits per heavy atom. The molecule has 0 fully saturated rings. The van der Waals surface area contributed by atoms with Crippen molar-refractivity contribution in [3.05, 3.63) is 47.0 Å². The number of esters is 1. The van der Waals surface area contributed by atoms with E-state index >= 15 is 0 Å². The number of nitrogens with zero attached hydrogens (tertiary/aromatic N) is 1. The van der Waals surface area contributed by atoms with Gasteiger partial charge in [-0.25, -0.2) is 14.6 Å². The number of carbonyl (C=O) groups excluding carboxylic acids is 2. The second-order valence-corrected chi connectivity index (χ2v) is 6.33. The largest absolute Gasteiger partial charge is 0.508 e. The van der Waals surface area contributed by atoms with Gasteiger partial charge in [-0.2, -0.15) is 0 Å². The Kier molecular flexibility index (Phi) is 4.61. The minimum absolute atomic E-state index is 0.204. The highest BCUT2D eigenvalue weighted by atomic mass is 16.7. The lowest BCUT2D eigenvalue weighted by molar-refractivity contribution is -0.144. The summed E-state index contributed by atoms with van der Waals surface area (Å²) in [6.07, 6.45) is -0.761. The predicted molar refractivity (Wildman–Crippen MR) is 91.3 cm³/mol. The van der Waals surface area contributed by atoms with E-state index in [1.807, 2.05) is 44.2 Å². The normalized spacial score (nSPS) is 25.6. The van der Waals surface area contributed by atoms with Crippen molar-refractivity contribution >= 4 is 18.0 Å². The summed E-state index contributed by atoms with van der Waals surface area (Å²) in [4.78, 5) is 29.2. The summed E-state index contributed by atoms with van der Waals surface area (Å²) >= 11 is 0. The fourth-order valence-corrected chi connectivity index (χ4v) is 3.14. The number of cyclic esters (lactones) is 1. The van der Waals surface area contributed by atoms with Crippen LogP contribution in [0.4, 0.5) is 4.79 Å². The van der Waals surface area contributed by atoms with Crippen LogP contribution in [0.5, 0.6) is 0 Å². The van der Waals surface area contributed by atoms with Crippen LogP contribution in [0, 0.1) is 0 Å². The smallest absolute Gasteiger partial charge is 0.435 e. The van der Waals surface area contributed by atoms with Gasteiger partial charge in [-0.1, -0.05) is 29.3 Å². The van der Waals surface area contributed by atoms with Crippen LogP contribution in [0.25, 0.3) is 0 Å². The first-order valence-electron chi connectivity index (χ1n) is 8.32. The van der Waals surface area contributed by atoms with Crippen molar-refractivity contribution in [2.75, 3.05) is 6.61 Å². The van der Waals surface area contributed by atoms with Gasteiger partial charge in [0.25, 0.3) is 0 Å². The molecule has 6 nitrogen and oxygen atoms in total. The molecule has 2 aliphatic rings. The number of benzene rings is 1. The molecule has 3 rings (SSSR count). The fraction of sp³-hybridized carbons (Fsp3) is 0.421. The Bertz CT molecular complexity index is 752. The molecule has 1 aromatic carbocycles. The van der Waals surface area contributed by atoms with Gasteiger partial charge in [0.05, 0.1) is 6.61 Å². The first-order valence-corrected chi connectivity index (χ1v) is 8.32. The zero-order valence-electron chi connectivity index (χ0n) is 14.6. The quantitative estimate of drug-likeness (QED) is 0.621. The zero-order chi connectivity index (χ0) is 18.0. The molecule has 1 aliphatic heterocycles. The van der Waals surface area contributed by atoms with E-state index < -0.39 is 23.8 Å². The molecule has 0 unspecified atom stereocenters. The van der Waals surface area contributed by atoms with Gasteiger partial charge in [0.15, 0.2) is 0 Å². The maximum Gasteiger partial charge on any atom is 0.508 e. The summed E-state index contributed by atoms with van der Waals surface area (Å²) < 4.78 is 15.8. The van der Waals surface area contributed by atoms with Crippen molar-refractivity contribution in [2.24, 2.45) is 4.99 Å². The first kappa shape index (κ1) is 17.2. The predicted octanol–water partition coefficient (Wildman–Crippen LogP) is 3.40. The van der Waals surface area contributed by atoms with Crippen molar-refractivity contribution in [1.29, 1.82) is 0 Å². The van der Waals surface area contributed by atoms with Crippen LogP contribution in [-0.4, -0.2) is 36.3 Å². The topological polar surface area (TPSA) is 74.2 Å². The van der Waals surface area contributed by atoms with E-state index in [0.717, 1.165) is 11.1 Å². The van der Waals surface area contributed by atoms with Gasteiger partial charge in [-0.3, -0.25) is 0 Å². The number of hydrogen-bond donors (Lipinski definition) is 0. The first-order chi connectivity index (χ1) is 12.0. The standard InChI is InChI=1S/C19H21NO5/c1-4-23-18(22)24-15-10-12(2)13(3)11-19(15)17(21)25-16(20-19)14-8-6-5-7-9-14/h5-9,15H,4,10-11H2,1-3H3/t15-,19+/m0/s1. The highest BCUT2D eigenvalue weighted by molar-refractivity contribution is 6.08. The maximum atomic E-state index is 12.7. The Morgan fingerprint density at radius 3 is 2.68 bits per heavy atom. The average Bonchev–Trinajstić information content (AvgIpc) is 2.91. The molecule has 1 aliphatic carbocycles. The van der Waals surface area contributed by atoms with Gasteiger partial charge >= 0.3 is 12.1 Å². The molecule has 0 bridgehead atoms. The number of carbonyl (C=O) groups is 2. The van der Waals surface area contributed by atoms with Gasteiger partial charge in [0.1, 0.15) is 6.10 Å². The molecule has 25 heavy (non-hydrogen) atoms. The molecule has 1 spiro atoms. The lowest BCUT2D eigenvalue weighted by Gasteiger charge is -2.35. The molecule has 1 aromatic rings. The monoisotopic (exact) mass is 343 g/mol. The van der Waals surface area contributed by atoms with Crippen molar-refractivity contribution in [3.8, 4) is 0 Å². The lowest BCUT2D eigenvalue weighted by Crippen LogP contribution is -2.50. The molecule has 0 amide bonds. The Labute approximate surface area is 146 Å². The molecule has 1 heterocycles. The van der Waals surface area contributed by atoms with E-state index in [9.17, 15) is 9.59 Å². The van der Waals surface area contributed by atoms with E-state index in [0.29, 0.717) is 18.4 Å². The number of rotatable bonds is 3. The van der Waals surface area contributed by atoms with E-state index in [-0.39, 0.29) is 12.5 Å². The molecular formula is C19H21NO5. The number of ether oxygens (including phenoxy) is 3. The molecule has 6 heteroatoms. The molecule has 0 saturated carbocycles. The minimum atomic E-state index is -1.25. The molecule has 0 radical (unpaired) electrons. The van der Waals surface area contributed by atoms with Crippen LogP contribution >= 0.6 is 0 Å². The second kappa shape index (κ2) is 6.70. The second-order valence-electron chi connectivity index (χ2n) is 6.33. The summed E-state index contributed by atoms with van der Waals surface area (Å²) in [6, 6.07) is 9.21. The summed E-state index contributed by atoms with van der Waals surface area (Å²) in [6.45, 7) is 5.82. The molecule has 0 N–H and O–H groups in total. The average molecular weight is 343 g/mol. The summed E-state index contributed by atoms with van der Waals surface area (Å²) in [7, 11) is 0. The molecular weight excluding hydrogens is 322 g/mol. The summed E-state index contributed by atoms with van der Waals surface area (Å²) in [5, 5.41) is 0. The van der Waals surface area contributed by atoms with Crippen molar-refractivity contribution in [2.45, 2.75) is 45.3 Å². The number of aliphatic imine (C=N–C) groups is 1. The molecule has 0 saturated heterocycles. The highest BCUT2D eigenvalue weighted by Crippen LogP contribution is 2.41. The minimum Gasteiger partial charge on any atom is -0.435 e. The fourth-order valence-electron chi connectivity index (χ4n) is 3.14. The van der Waals surface area contributed by atoms with E-state index in [1.165, 1.54) is 0 Å². The van der Waals surface area contributed by atoms with Crippen LogP contribution in [0.1, 0.15) is 39.2 Å². The van der Waals surface area contributed by atoms with Crippen molar-refractivity contribution in [3.63, 3.8) is 0 Å². The van der Waals surface area contributed by atoms with Crippen molar-refractivity contribution < 1.29 is 23.8 Å². The summed E-state index contributed by atoms with van der Waals surface area (Å²) in [5.74, 6) is -0.233. The summed E-state index contributed by atoms with van der Waals surface area (Å²) in [5.41, 5.74) is 1.60. The number of hydrogen-bond acceptors (Lipinski definition) is 6. The Balaban J connectivity index is 1.98. The van der Waals surface area contributed by atoms with Crippen LogP contribution in [0.15, 0.2) is 46.5 Å². The van der Waals surface area contributed by atoms with E-state index in [2.05, 4.69) is 4.99 Å². The third-order valence-electron chi connectivity index (χ3n) is 4.65. The van der Waals surface area contributed by atoms with Crippen molar-refractivity contribution in [1.82, 2.24) is 0 Å². The van der Waals surface area contributed by atoms with Gasteiger partial charge in [0, 0.05) is 18.4 Å². The third kappa shape index (κ3) is 3.16. The Morgan fingerprint density at radius 2 is 2.00 bits per heavy atom. The van der Waals surface area contributed by atoms with Crippen LogP contribution < -0.4 is 0 Å². The zero-order valence-corrected chi connectivity index (χ0v) is 14.6. The third-order valence-corrected chi connectivity index (χ3v) is 4.65. The van der Waals surface area contributed by atoms with Gasteiger partial charge in [-0.15, -0.1) is 0 Å². The molecule has 2 atom stereocenters. The lowest BCUT2D eigenvalue weighted by atomic mass is 9.77. The highest BCUT2D eigenvalue weighted by Gasteiger charge is 2.56. The van der Waals surface area contributed by atoms with Gasteiger partial charge < -0.3 is 14.2 Å². The molecule has 132 valence electrons. The molecule has 0 aromatic heterocycles. The van der Waals surface area contributed by atoms with Crippen LogP contribution in [0.3, 0.4) is 0 Å². The SMILES string of the molecule is CCOC(=O)O[C@H]1CC(C)=C(C)C[C@@]12N=C(c1ccccc1)OC2=O. The van der Waals surface area contributed by atoms with Gasteiger partial charge in [0.2, 0.25) is 11.4 Å². The van der Waals surface area contributed by atoms with Gasteiger partial charge in [-0.05, 0) is 32.9 Å². The Hall–Kier alpha value is -2.63. The van der Waals surface area contributed by atoms with E-state index in [4.69, 9.17) is 14.2 Å². The van der Waals surface area contributed by atoms with E-state index in [1.54, 1.807) is 6.92 Å². The van der Waals surface area contributed by atoms with Crippen LogP contribution in [0.2, 0.25) is 0 Å². The maximum absolute atomic E-state index is 12.7.